The number of aliphatic hydroxyl groups is 2. The normalized spacial score (nSPS) is 46.2. The molecule has 4 nitrogen and oxygen atoms in total. The average Bonchev–Trinajstić information content (AvgIpc) is 2.72. The smallest absolute Gasteiger partial charge is 0.132 e. The highest BCUT2D eigenvalue weighted by Gasteiger charge is 2.53. The fourth-order valence-electron chi connectivity index (χ4n) is 8.79. The molecule has 0 saturated heterocycles. The van der Waals surface area contributed by atoms with Gasteiger partial charge in [0.2, 0.25) is 0 Å². The quantitative estimate of drug-likeness (QED) is 0.684. The Morgan fingerprint density at radius 2 is 1.63 bits per heavy atom. The van der Waals surface area contributed by atoms with Crippen LogP contribution in [0.25, 0.3) is 0 Å². The van der Waals surface area contributed by atoms with Crippen LogP contribution in [-0.4, -0.2) is 34.1 Å². The van der Waals surface area contributed by atoms with Gasteiger partial charge in [0.25, 0.3) is 0 Å². The minimum Gasteiger partial charge on any atom is -0.508 e. The van der Waals surface area contributed by atoms with E-state index in [1.165, 1.54) is 44.1 Å². The minimum absolute atomic E-state index is 0.0141. The van der Waals surface area contributed by atoms with Crippen molar-refractivity contribution in [2.24, 2.45) is 29.6 Å². The summed E-state index contributed by atoms with van der Waals surface area (Å²) in [6.45, 7) is 2.21. The second kappa shape index (κ2) is 6.62. The highest BCUT2D eigenvalue weighted by molar-refractivity contribution is 5.54. The third-order valence-corrected chi connectivity index (χ3v) is 9.80. The lowest BCUT2D eigenvalue weighted by molar-refractivity contribution is -0.0683. The minimum atomic E-state index is -0.620. The number of hydrogen-bond acceptors (Lipinski definition) is 4. The first-order valence-electron chi connectivity index (χ1n) is 12.2. The van der Waals surface area contributed by atoms with Gasteiger partial charge in [-0.2, -0.15) is 0 Å². The third kappa shape index (κ3) is 2.72. The third-order valence-electron chi connectivity index (χ3n) is 9.80. The molecule has 1 heterocycles. The zero-order valence-electron chi connectivity index (χ0n) is 18.1. The molecular formula is C26H36O4. The zero-order valence-corrected chi connectivity index (χ0v) is 18.1. The average molecular weight is 413 g/mol. The van der Waals surface area contributed by atoms with Gasteiger partial charge in [0.1, 0.15) is 17.1 Å². The molecule has 5 fully saturated rings. The number of aliphatic hydroxyl groups excluding tert-OH is 2. The van der Waals surface area contributed by atoms with E-state index in [2.05, 4.69) is 12.1 Å². The van der Waals surface area contributed by atoms with Gasteiger partial charge < -0.3 is 20.1 Å². The van der Waals surface area contributed by atoms with Crippen LogP contribution in [0.15, 0.2) is 12.1 Å². The predicted octanol–water partition coefficient (Wildman–Crippen LogP) is 4.50. The molecule has 0 aromatic heterocycles. The number of aromatic hydroxyl groups is 1. The van der Waals surface area contributed by atoms with E-state index in [1.807, 2.05) is 6.92 Å². The molecule has 1 aromatic carbocycles. The van der Waals surface area contributed by atoms with Crippen molar-refractivity contribution in [3.8, 4) is 11.5 Å². The monoisotopic (exact) mass is 412 g/mol. The second-order valence-corrected chi connectivity index (χ2v) is 11.8. The van der Waals surface area contributed by atoms with Crippen molar-refractivity contribution in [1.82, 2.24) is 0 Å². The molecule has 1 aliphatic heterocycles. The molecule has 0 radical (unpaired) electrons. The molecule has 6 aliphatic rings. The van der Waals surface area contributed by atoms with Crippen LogP contribution in [0.4, 0.5) is 0 Å². The van der Waals surface area contributed by atoms with Crippen LogP contribution in [0.3, 0.4) is 0 Å². The molecule has 5 aliphatic carbocycles. The molecule has 5 saturated carbocycles. The highest BCUT2D eigenvalue weighted by Crippen LogP contribution is 2.62. The summed E-state index contributed by atoms with van der Waals surface area (Å²) >= 11 is 0. The van der Waals surface area contributed by atoms with E-state index in [9.17, 15) is 15.3 Å². The summed E-state index contributed by atoms with van der Waals surface area (Å²) in [6, 6.07) is 4.30. The highest BCUT2D eigenvalue weighted by atomic mass is 16.5. The molecule has 164 valence electrons. The lowest BCUT2D eigenvalue weighted by Crippen LogP contribution is -2.52. The topological polar surface area (TPSA) is 69.9 Å². The van der Waals surface area contributed by atoms with Crippen LogP contribution < -0.4 is 4.74 Å². The summed E-state index contributed by atoms with van der Waals surface area (Å²) < 4.78 is 6.52. The Labute approximate surface area is 179 Å². The van der Waals surface area contributed by atoms with Gasteiger partial charge in [0, 0.05) is 18.1 Å². The first kappa shape index (κ1) is 19.4. The maximum absolute atomic E-state index is 11.3. The van der Waals surface area contributed by atoms with Gasteiger partial charge in [0.05, 0.1) is 6.61 Å². The molecule has 30 heavy (non-hydrogen) atoms. The van der Waals surface area contributed by atoms with Crippen LogP contribution in [0, 0.1) is 29.6 Å². The van der Waals surface area contributed by atoms with Crippen LogP contribution in [0.1, 0.15) is 81.8 Å². The Morgan fingerprint density at radius 1 is 0.967 bits per heavy atom. The van der Waals surface area contributed by atoms with Crippen molar-refractivity contribution in [2.75, 3.05) is 13.2 Å². The number of rotatable bonds is 3. The molecule has 7 rings (SSSR count). The largest absolute Gasteiger partial charge is 0.508 e. The van der Waals surface area contributed by atoms with Crippen molar-refractivity contribution in [1.29, 1.82) is 0 Å². The van der Waals surface area contributed by atoms with Gasteiger partial charge in [-0.1, -0.05) is 0 Å². The number of benzene rings is 1. The summed E-state index contributed by atoms with van der Waals surface area (Å²) in [5, 5.41) is 31.3. The van der Waals surface area contributed by atoms with Gasteiger partial charge in [-0.25, -0.2) is 0 Å². The molecular weight excluding hydrogens is 376 g/mol. The maximum Gasteiger partial charge on any atom is 0.132 e. The van der Waals surface area contributed by atoms with Gasteiger partial charge in [-0.05, 0) is 117 Å². The van der Waals surface area contributed by atoms with Crippen molar-refractivity contribution < 1.29 is 20.1 Å². The van der Waals surface area contributed by atoms with Crippen molar-refractivity contribution in [3.63, 3.8) is 0 Å². The second-order valence-electron chi connectivity index (χ2n) is 11.8. The molecule has 1 aromatic rings. The van der Waals surface area contributed by atoms with Gasteiger partial charge in [-0.3, -0.25) is 0 Å². The number of ether oxygens (including phenoxy) is 1. The Morgan fingerprint density at radius 3 is 2.23 bits per heavy atom. The van der Waals surface area contributed by atoms with Crippen molar-refractivity contribution in [2.45, 2.75) is 81.6 Å². The van der Waals surface area contributed by atoms with Gasteiger partial charge in [0.15, 0.2) is 0 Å². The summed E-state index contributed by atoms with van der Waals surface area (Å²) in [7, 11) is 0. The van der Waals surface area contributed by atoms with E-state index in [-0.39, 0.29) is 36.4 Å². The molecule has 4 atom stereocenters. The Balaban J connectivity index is 1.43. The van der Waals surface area contributed by atoms with Crippen LogP contribution in [-0.2, 0) is 5.41 Å². The van der Waals surface area contributed by atoms with Gasteiger partial charge in [-0.15, -0.1) is 0 Å². The lowest BCUT2D eigenvalue weighted by atomic mass is 9.48. The summed E-state index contributed by atoms with van der Waals surface area (Å²) in [5.74, 6) is 4.31. The molecule has 3 N–H and O–H groups in total. The molecule has 0 unspecified atom stereocenters. The number of phenols is 1. The Kier molecular flexibility index (Phi) is 4.29. The molecule has 4 bridgehead atoms. The summed E-state index contributed by atoms with van der Waals surface area (Å²) in [5.41, 5.74) is 1.78. The van der Waals surface area contributed by atoms with Crippen LogP contribution in [0.2, 0.25) is 0 Å². The van der Waals surface area contributed by atoms with E-state index in [1.54, 1.807) is 0 Å². The first-order chi connectivity index (χ1) is 14.4. The maximum atomic E-state index is 11.3. The van der Waals surface area contributed by atoms with E-state index < -0.39 is 5.60 Å². The summed E-state index contributed by atoms with van der Waals surface area (Å²) in [4.78, 5) is 0. The fraction of sp³-hybridized carbons (Fsp3) is 0.769. The van der Waals surface area contributed by atoms with E-state index in [4.69, 9.17) is 4.74 Å². The van der Waals surface area contributed by atoms with Crippen LogP contribution in [0.5, 0.6) is 11.5 Å². The lowest BCUT2D eigenvalue weighted by Gasteiger charge is -2.57. The molecule has 0 spiro atoms. The fourth-order valence-corrected chi connectivity index (χ4v) is 8.79. The van der Waals surface area contributed by atoms with Crippen molar-refractivity contribution in [3.05, 3.63) is 23.3 Å². The number of phenolic OH excluding ortho intramolecular Hbond substituents is 1. The van der Waals surface area contributed by atoms with Crippen molar-refractivity contribution >= 4 is 0 Å². The molecule has 4 heteroatoms. The number of fused-ring (bicyclic) bond motifs is 3. The number of hydrogen-bond donors (Lipinski definition) is 3. The van der Waals surface area contributed by atoms with Gasteiger partial charge >= 0.3 is 0 Å². The van der Waals surface area contributed by atoms with Crippen LogP contribution >= 0.6 is 0 Å². The summed E-state index contributed by atoms with van der Waals surface area (Å²) in [6.07, 6.45) is 10.7. The standard InChI is InChI=1S/C26H36O4/c1-25(14-28)21-3-2-15(13-27)7-20(21)24-22(29)8-19(9-23(24)30-25)26-10-16-4-17(11-26)6-18(5-16)12-26/h8-9,15-18,20-21,27-29H,2-7,10-14H2,1H3/t15-,16?,17?,18?,20-,21-,25+,26?/m1/s1. The SMILES string of the molecule is C[C@@]1(CO)Oc2cc(C34CC5CC(CC(C5)C3)C4)cc(O)c2[C@@H]2C[C@H](CO)CC[C@H]21. The van der Waals surface area contributed by atoms with E-state index in [0.29, 0.717) is 5.75 Å². The Bertz CT molecular complexity index is 812. The first-order valence-corrected chi connectivity index (χ1v) is 12.2. The Hall–Kier alpha value is -1.26. The van der Waals surface area contributed by atoms with E-state index in [0.717, 1.165) is 48.3 Å². The van der Waals surface area contributed by atoms with E-state index >= 15 is 0 Å². The predicted molar refractivity (Wildman–Crippen MR) is 115 cm³/mol. The zero-order chi connectivity index (χ0) is 20.7. The molecule has 0 amide bonds.